The molecule has 2 fully saturated rings. The number of nitrogens with one attached hydrogen (secondary N) is 2. The zero-order chi connectivity index (χ0) is 38.1. The Kier molecular flexibility index (Phi) is 13.9. The molecule has 3 aromatic carbocycles. The molecule has 54 heavy (non-hydrogen) atoms. The van der Waals surface area contributed by atoms with Gasteiger partial charge in [0.15, 0.2) is 0 Å². The number of hydrogen-bond donors (Lipinski definition) is 3. The highest BCUT2D eigenvalue weighted by molar-refractivity contribution is 6.36. The fraction of sp³-hybridized carbons (Fsp3) is 0.500. The van der Waals surface area contributed by atoms with Gasteiger partial charge in [-0.2, -0.15) is 0 Å². The minimum atomic E-state index is -4.76. The first-order chi connectivity index (χ1) is 26.0. The average molecular weight is 787 g/mol. The number of aryl methyl sites for hydroxylation is 1. The molecule has 0 aliphatic carbocycles. The first kappa shape index (κ1) is 40.4. The van der Waals surface area contributed by atoms with E-state index in [2.05, 4.69) is 49.2 Å². The Morgan fingerprint density at radius 1 is 0.944 bits per heavy atom. The topological polar surface area (TPSA) is 84.5 Å². The van der Waals surface area contributed by atoms with E-state index in [1.165, 1.54) is 43.4 Å². The third-order valence-electron chi connectivity index (χ3n) is 11.0. The Labute approximate surface area is 326 Å². The summed E-state index contributed by atoms with van der Waals surface area (Å²) in [6.45, 7) is 5.42. The molecular weight excluding hydrogens is 734 g/mol. The number of amides is 1. The zero-order valence-corrected chi connectivity index (χ0v) is 32.3. The van der Waals surface area contributed by atoms with Crippen molar-refractivity contribution in [2.45, 2.75) is 95.6 Å². The molecule has 1 atom stereocenters. The average Bonchev–Trinajstić information content (AvgIpc) is 3.47. The number of rotatable bonds is 11. The summed E-state index contributed by atoms with van der Waals surface area (Å²) in [7, 11) is 0. The van der Waals surface area contributed by atoms with E-state index in [4.69, 9.17) is 28.9 Å². The van der Waals surface area contributed by atoms with Crippen molar-refractivity contribution in [1.29, 1.82) is 0 Å². The normalized spacial score (nSPS) is 19.0. The molecular formula is C42H52Cl2F3N5O2. The lowest BCUT2D eigenvalue weighted by atomic mass is 9.88. The van der Waals surface area contributed by atoms with Crippen LogP contribution in [0.1, 0.15) is 75.3 Å². The Balaban J connectivity index is 1.17. The van der Waals surface area contributed by atoms with E-state index in [0.29, 0.717) is 38.3 Å². The molecule has 0 saturated carbocycles. The maximum absolute atomic E-state index is 12.9. The standard InChI is InChI=1S/C42H52Cl2F3N5O2/c43-37-10-5-11-38(44)35(37)26-30-8-3-1-2-4-23-51(24-6-9-30)28-31-12-17-39-34(27-31)36(32-13-15-33(16-14-32)54-42(45,46)47)29-52(39)25-7-20-50-40(53)41(48)18-21-49-22-19-41/h5,10-17,27,29-30,49H,1-4,6-9,18-26,28,48H2,(H,50,53). The molecule has 0 radical (unpaired) electrons. The summed E-state index contributed by atoms with van der Waals surface area (Å²) in [5, 5.41) is 8.82. The molecule has 0 spiro atoms. The predicted molar refractivity (Wildman–Crippen MR) is 212 cm³/mol. The summed E-state index contributed by atoms with van der Waals surface area (Å²) in [6, 6.07) is 18.4. The zero-order valence-electron chi connectivity index (χ0n) is 30.8. The van der Waals surface area contributed by atoms with Crippen molar-refractivity contribution < 1.29 is 22.7 Å². The smallest absolute Gasteiger partial charge is 0.406 e. The second-order valence-corrected chi connectivity index (χ2v) is 15.9. The molecule has 1 aromatic heterocycles. The monoisotopic (exact) mass is 785 g/mol. The maximum Gasteiger partial charge on any atom is 0.573 e. The van der Waals surface area contributed by atoms with Crippen LogP contribution in [0.25, 0.3) is 22.0 Å². The SMILES string of the molecule is NC1(C(=O)NCCCn2cc(-c3ccc(OC(F)(F)F)cc3)c3cc(CN4CCCCCCC(Cc5c(Cl)cccc5Cl)CCC4)ccc32)CCNCC1. The molecule has 4 aromatic rings. The van der Waals surface area contributed by atoms with E-state index in [-0.39, 0.29) is 11.7 Å². The van der Waals surface area contributed by atoms with Crippen molar-refractivity contribution in [2.24, 2.45) is 11.7 Å². The van der Waals surface area contributed by atoms with Crippen LogP contribution >= 0.6 is 23.2 Å². The van der Waals surface area contributed by atoms with E-state index < -0.39 is 11.9 Å². The number of aromatic nitrogens is 1. The number of piperidine rings is 1. The van der Waals surface area contributed by atoms with Crippen molar-refractivity contribution in [3.63, 3.8) is 0 Å². The van der Waals surface area contributed by atoms with Gasteiger partial charge in [-0.1, -0.05) is 73.2 Å². The van der Waals surface area contributed by atoms with E-state index in [9.17, 15) is 18.0 Å². The van der Waals surface area contributed by atoms with Crippen LogP contribution < -0.4 is 21.1 Å². The van der Waals surface area contributed by atoms with Crippen molar-refractivity contribution in [2.75, 3.05) is 32.7 Å². The summed E-state index contributed by atoms with van der Waals surface area (Å²) in [5.41, 5.74) is 10.6. The molecule has 1 amide bonds. The Morgan fingerprint density at radius 3 is 2.39 bits per heavy atom. The molecule has 2 saturated heterocycles. The number of fused-ring (bicyclic) bond motifs is 1. The van der Waals surface area contributed by atoms with Crippen molar-refractivity contribution in [3.05, 3.63) is 88.0 Å². The number of carbonyl (C=O) groups excluding carboxylic acids is 1. The van der Waals surface area contributed by atoms with Gasteiger partial charge in [-0.05, 0) is 130 Å². The number of benzene rings is 3. The first-order valence-corrected chi connectivity index (χ1v) is 20.1. The van der Waals surface area contributed by atoms with Gasteiger partial charge in [0.2, 0.25) is 5.91 Å². The maximum atomic E-state index is 12.9. The molecule has 292 valence electrons. The number of nitrogens with zero attached hydrogens (tertiary/aromatic N) is 2. The second kappa shape index (κ2) is 18.6. The molecule has 0 bridgehead atoms. The lowest BCUT2D eigenvalue weighted by Crippen LogP contribution is -2.59. The fourth-order valence-corrected chi connectivity index (χ4v) is 8.59. The minimum Gasteiger partial charge on any atom is -0.406 e. The summed E-state index contributed by atoms with van der Waals surface area (Å²) >= 11 is 13.1. The van der Waals surface area contributed by atoms with Crippen LogP contribution in [0.3, 0.4) is 0 Å². The van der Waals surface area contributed by atoms with E-state index in [0.717, 1.165) is 96.0 Å². The van der Waals surface area contributed by atoms with Gasteiger partial charge in [-0.3, -0.25) is 9.69 Å². The molecule has 2 aliphatic rings. The Bertz CT molecular complexity index is 1820. The van der Waals surface area contributed by atoms with Crippen molar-refractivity contribution in [1.82, 2.24) is 20.1 Å². The molecule has 6 rings (SSSR count). The van der Waals surface area contributed by atoms with Crippen LogP contribution in [0.5, 0.6) is 5.75 Å². The Hall–Kier alpha value is -3.28. The van der Waals surface area contributed by atoms with Gasteiger partial charge in [-0.25, -0.2) is 0 Å². The van der Waals surface area contributed by atoms with Gasteiger partial charge in [-0.15, -0.1) is 13.2 Å². The van der Waals surface area contributed by atoms with E-state index >= 15 is 0 Å². The van der Waals surface area contributed by atoms with Gasteiger partial charge >= 0.3 is 6.36 Å². The minimum absolute atomic E-state index is 0.112. The van der Waals surface area contributed by atoms with Gasteiger partial charge in [0.1, 0.15) is 5.75 Å². The number of carbonyl (C=O) groups is 1. The van der Waals surface area contributed by atoms with Crippen molar-refractivity contribution in [3.8, 4) is 16.9 Å². The highest BCUT2D eigenvalue weighted by Gasteiger charge is 2.35. The molecule has 12 heteroatoms. The van der Waals surface area contributed by atoms with E-state index in [1.54, 1.807) is 12.1 Å². The number of halogens is 5. The fourth-order valence-electron chi connectivity index (χ4n) is 8.04. The Morgan fingerprint density at radius 2 is 1.65 bits per heavy atom. The van der Waals surface area contributed by atoms with Crippen molar-refractivity contribution >= 4 is 40.0 Å². The largest absolute Gasteiger partial charge is 0.573 e. The van der Waals surface area contributed by atoms with Crippen LogP contribution in [-0.4, -0.2) is 60.0 Å². The summed E-state index contributed by atoms with van der Waals surface area (Å²) < 4.78 is 45.0. The predicted octanol–water partition coefficient (Wildman–Crippen LogP) is 9.51. The van der Waals surface area contributed by atoms with E-state index in [1.807, 2.05) is 18.2 Å². The molecule has 4 N–H and O–H groups in total. The lowest BCUT2D eigenvalue weighted by molar-refractivity contribution is -0.274. The van der Waals surface area contributed by atoms with Gasteiger partial charge in [0.05, 0.1) is 5.54 Å². The third kappa shape index (κ3) is 10.9. The summed E-state index contributed by atoms with van der Waals surface area (Å²) in [5.74, 6) is 0.164. The van der Waals surface area contributed by atoms with Crippen LogP contribution in [0.2, 0.25) is 10.0 Å². The second-order valence-electron chi connectivity index (χ2n) is 15.1. The molecule has 3 heterocycles. The number of alkyl halides is 3. The third-order valence-corrected chi connectivity index (χ3v) is 11.7. The molecule has 1 unspecified atom stereocenters. The van der Waals surface area contributed by atoms with Gasteiger partial charge in [0.25, 0.3) is 0 Å². The highest BCUT2D eigenvalue weighted by Crippen LogP contribution is 2.35. The summed E-state index contributed by atoms with van der Waals surface area (Å²) in [4.78, 5) is 15.4. The number of nitrogens with two attached hydrogens (primary N) is 1. The van der Waals surface area contributed by atoms with Crippen LogP contribution in [0.4, 0.5) is 13.2 Å². The number of hydrogen-bond acceptors (Lipinski definition) is 5. The molecule has 7 nitrogen and oxygen atoms in total. The highest BCUT2D eigenvalue weighted by atomic mass is 35.5. The lowest BCUT2D eigenvalue weighted by Gasteiger charge is -2.32. The van der Waals surface area contributed by atoms with Crippen LogP contribution in [-0.2, 0) is 24.3 Å². The first-order valence-electron chi connectivity index (χ1n) is 19.4. The van der Waals surface area contributed by atoms with Crippen LogP contribution in [0, 0.1) is 5.92 Å². The number of ether oxygens (including phenoxy) is 1. The van der Waals surface area contributed by atoms with Gasteiger partial charge in [0, 0.05) is 52.3 Å². The summed E-state index contributed by atoms with van der Waals surface area (Å²) in [6.07, 6.45) is 8.26. The van der Waals surface area contributed by atoms with Gasteiger partial charge < -0.3 is 25.7 Å². The molecule has 2 aliphatic heterocycles. The quantitative estimate of drug-likeness (QED) is 0.132. The van der Waals surface area contributed by atoms with Crippen LogP contribution in [0.15, 0.2) is 66.9 Å².